The lowest BCUT2D eigenvalue weighted by molar-refractivity contribution is -0.155. The van der Waals surface area contributed by atoms with Crippen molar-refractivity contribution in [2.24, 2.45) is 5.73 Å². The minimum atomic E-state index is -3.58. The first-order valence-electron chi connectivity index (χ1n) is 9.02. The number of esters is 1. The SMILES string of the molecule is CC(C)(C)OC(=O)CCC(=O)C(N)OP(=O)(c1ccccc1)c1ccccc1. The van der Waals surface area contributed by atoms with Crippen molar-refractivity contribution in [3.05, 3.63) is 60.7 Å². The van der Waals surface area contributed by atoms with E-state index in [1.54, 1.807) is 81.4 Å². The number of Topliss-reactive ketones (excluding diaryl/α,β-unsaturated/α-hetero) is 1. The lowest BCUT2D eigenvalue weighted by atomic mass is 10.1. The van der Waals surface area contributed by atoms with E-state index >= 15 is 0 Å². The standard InChI is InChI=1S/C21H26NO5P/c1-21(2,3)26-19(24)15-14-18(23)20(22)27-28(25,16-10-6-4-7-11-16)17-12-8-5-9-13-17/h4-13,20H,14-15,22H2,1-3H3. The van der Waals surface area contributed by atoms with Gasteiger partial charge in [0.1, 0.15) is 5.60 Å². The van der Waals surface area contributed by atoms with Crippen LogP contribution in [0.15, 0.2) is 60.7 Å². The van der Waals surface area contributed by atoms with Gasteiger partial charge in [-0.2, -0.15) is 0 Å². The van der Waals surface area contributed by atoms with Crippen molar-refractivity contribution >= 4 is 29.7 Å². The highest BCUT2D eigenvalue weighted by Gasteiger charge is 2.33. The fourth-order valence-electron chi connectivity index (χ4n) is 2.50. The molecule has 0 saturated heterocycles. The highest BCUT2D eigenvalue weighted by atomic mass is 31.2. The molecule has 0 aliphatic carbocycles. The van der Waals surface area contributed by atoms with Crippen LogP contribution < -0.4 is 16.3 Å². The summed E-state index contributed by atoms with van der Waals surface area (Å²) in [6, 6.07) is 17.2. The van der Waals surface area contributed by atoms with Crippen LogP contribution in [-0.4, -0.2) is 23.6 Å². The van der Waals surface area contributed by atoms with E-state index in [-0.39, 0.29) is 12.8 Å². The molecule has 2 rings (SSSR count). The van der Waals surface area contributed by atoms with Gasteiger partial charge in [-0.3, -0.25) is 24.4 Å². The summed E-state index contributed by atoms with van der Waals surface area (Å²) in [6.45, 7) is 5.24. The number of ketones is 1. The minimum absolute atomic E-state index is 0.117. The average molecular weight is 403 g/mol. The molecule has 28 heavy (non-hydrogen) atoms. The van der Waals surface area contributed by atoms with Crippen LogP contribution in [0.4, 0.5) is 0 Å². The predicted octanol–water partition coefficient (Wildman–Crippen LogP) is 2.91. The van der Waals surface area contributed by atoms with Crippen LogP contribution >= 0.6 is 7.37 Å². The Labute approximate surface area is 165 Å². The Hall–Kier alpha value is -2.27. The Balaban J connectivity index is 2.13. The third-order valence-corrected chi connectivity index (χ3v) is 6.25. The molecule has 0 bridgehead atoms. The molecule has 0 aliphatic heterocycles. The molecular weight excluding hydrogens is 377 g/mol. The first-order valence-corrected chi connectivity index (χ1v) is 10.6. The molecule has 150 valence electrons. The van der Waals surface area contributed by atoms with Gasteiger partial charge < -0.3 is 4.74 Å². The Morgan fingerprint density at radius 3 is 1.82 bits per heavy atom. The van der Waals surface area contributed by atoms with Gasteiger partial charge in [0.25, 0.3) is 7.37 Å². The van der Waals surface area contributed by atoms with Gasteiger partial charge in [-0.1, -0.05) is 36.4 Å². The second-order valence-electron chi connectivity index (χ2n) is 7.30. The molecule has 0 heterocycles. The Morgan fingerprint density at radius 1 is 0.929 bits per heavy atom. The molecule has 2 N–H and O–H groups in total. The zero-order valence-corrected chi connectivity index (χ0v) is 17.2. The van der Waals surface area contributed by atoms with Crippen molar-refractivity contribution in [2.75, 3.05) is 0 Å². The number of nitrogens with two attached hydrogens (primary N) is 1. The van der Waals surface area contributed by atoms with Crippen LogP contribution in [0.5, 0.6) is 0 Å². The number of carbonyl (C=O) groups excluding carboxylic acids is 2. The number of rotatable bonds is 8. The van der Waals surface area contributed by atoms with Gasteiger partial charge in [0.15, 0.2) is 12.0 Å². The molecule has 7 heteroatoms. The molecule has 1 atom stereocenters. The highest BCUT2D eigenvalue weighted by Crippen LogP contribution is 2.45. The Kier molecular flexibility index (Phi) is 7.30. The van der Waals surface area contributed by atoms with E-state index in [0.717, 1.165) is 0 Å². The summed E-state index contributed by atoms with van der Waals surface area (Å²) in [6.07, 6.45) is -1.69. The van der Waals surface area contributed by atoms with Crippen molar-refractivity contribution in [1.29, 1.82) is 0 Å². The number of hydrogen-bond donors (Lipinski definition) is 1. The maximum absolute atomic E-state index is 13.7. The first kappa shape index (κ1) is 22.0. The monoisotopic (exact) mass is 403 g/mol. The maximum Gasteiger partial charge on any atom is 0.306 e. The Morgan fingerprint density at radius 2 is 1.39 bits per heavy atom. The molecule has 0 saturated carbocycles. The molecule has 1 unspecified atom stereocenters. The number of hydrogen-bond acceptors (Lipinski definition) is 6. The third kappa shape index (κ3) is 6.13. The summed E-state index contributed by atoms with van der Waals surface area (Å²) < 4.78 is 24.5. The van der Waals surface area contributed by atoms with Gasteiger partial charge in [0.2, 0.25) is 0 Å². The molecular formula is C21H26NO5P. The van der Waals surface area contributed by atoms with Crippen LogP contribution in [0, 0.1) is 0 Å². The van der Waals surface area contributed by atoms with Crippen molar-refractivity contribution in [3.8, 4) is 0 Å². The topological polar surface area (TPSA) is 95.7 Å². The summed E-state index contributed by atoms with van der Waals surface area (Å²) >= 11 is 0. The van der Waals surface area contributed by atoms with E-state index in [4.69, 9.17) is 15.0 Å². The van der Waals surface area contributed by atoms with Gasteiger partial charge in [0, 0.05) is 17.0 Å². The number of carbonyl (C=O) groups is 2. The van der Waals surface area contributed by atoms with Gasteiger partial charge >= 0.3 is 5.97 Å². The van der Waals surface area contributed by atoms with Gasteiger partial charge in [0.05, 0.1) is 6.42 Å². The van der Waals surface area contributed by atoms with Crippen LogP contribution in [0.1, 0.15) is 33.6 Å². The molecule has 2 aromatic carbocycles. The second-order valence-corrected chi connectivity index (χ2v) is 9.65. The zero-order valence-electron chi connectivity index (χ0n) is 16.3. The molecule has 0 amide bonds. The van der Waals surface area contributed by atoms with Crippen LogP contribution in [0.25, 0.3) is 0 Å². The van der Waals surface area contributed by atoms with E-state index < -0.39 is 31.0 Å². The van der Waals surface area contributed by atoms with E-state index in [1.807, 2.05) is 0 Å². The van der Waals surface area contributed by atoms with E-state index in [1.165, 1.54) is 0 Å². The van der Waals surface area contributed by atoms with Crippen LogP contribution in [-0.2, 0) is 23.4 Å². The van der Waals surface area contributed by atoms with Gasteiger partial charge in [-0.15, -0.1) is 0 Å². The van der Waals surface area contributed by atoms with Crippen molar-refractivity contribution in [3.63, 3.8) is 0 Å². The molecule has 6 nitrogen and oxygen atoms in total. The van der Waals surface area contributed by atoms with Crippen LogP contribution in [0.3, 0.4) is 0 Å². The first-order chi connectivity index (χ1) is 13.1. The predicted molar refractivity (Wildman–Crippen MR) is 109 cm³/mol. The second kappa shape index (κ2) is 9.28. The molecule has 0 aliphatic rings. The van der Waals surface area contributed by atoms with Crippen molar-refractivity contribution in [1.82, 2.24) is 0 Å². The minimum Gasteiger partial charge on any atom is -0.460 e. The van der Waals surface area contributed by atoms with E-state index in [2.05, 4.69) is 0 Å². The van der Waals surface area contributed by atoms with Gasteiger partial charge in [-0.25, -0.2) is 0 Å². The van der Waals surface area contributed by atoms with Crippen LogP contribution in [0.2, 0.25) is 0 Å². The third-order valence-electron chi connectivity index (χ3n) is 3.77. The summed E-state index contributed by atoms with van der Waals surface area (Å²) in [5.41, 5.74) is 5.27. The maximum atomic E-state index is 13.7. The summed E-state index contributed by atoms with van der Waals surface area (Å²) in [4.78, 5) is 24.2. The summed E-state index contributed by atoms with van der Waals surface area (Å²) in [5.74, 6) is -1.01. The summed E-state index contributed by atoms with van der Waals surface area (Å²) in [5, 5.41) is 0.883. The molecule has 0 aromatic heterocycles. The molecule has 0 radical (unpaired) electrons. The number of benzene rings is 2. The summed E-state index contributed by atoms with van der Waals surface area (Å²) in [7, 11) is -3.58. The lowest BCUT2D eigenvalue weighted by Crippen LogP contribution is -2.36. The smallest absolute Gasteiger partial charge is 0.306 e. The van der Waals surface area contributed by atoms with Gasteiger partial charge in [-0.05, 0) is 45.0 Å². The van der Waals surface area contributed by atoms with E-state index in [9.17, 15) is 14.2 Å². The average Bonchev–Trinajstić information content (AvgIpc) is 2.66. The van der Waals surface area contributed by atoms with Crippen molar-refractivity contribution in [2.45, 2.75) is 45.4 Å². The zero-order chi connectivity index (χ0) is 20.8. The number of ether oxygens (including phenoxy) is 1. The van der Waals surface area contributed by atoms with Crippen molar-refractivity contribution < 1.29 is 23.4 Å². The van der Waals surface area contributed by atoms with E-state index in [0.29, 0.717) is 10.6 Å². The largest absolute Gasteiger partial charge is 0.460 e. The Bertz CT molecular complexity index is 803. The molecule has 0 fully saturated rings. The fraction of sp³-hybridized carbons (Fsp3) is 0.333. The fourth-order valence-corrected chi connectivity index (χ4v) is 4.61. The molecule has 2 aromatic rings. The normalized spacial score (nSPS) is 13.0. The molecule has 0 spiro atoms. The quantitative estimate of drug-likeness (QED) is 0.414. The highest BCUT2D eigenvalue weighted by molar-refractivity contribution is 7.74. The lowest BCUT2D eigenvalue weighted by Gasteiger charge is -2.23.